The lowest BCUT2D eigenvalue weighted by Crippen LogP contribution is -2.44. The normalized spacial score (nSPS) is 21.8. The first kappa shape index (κ1) is 19.6. The number of carbonyl (C=O) groups excluding carboxylic acids is 2. The Kier molecular flexibility index (Phi) is 4.47. The van der Waals surface area contributed by atoms with E-state index < -0.39 is 11.3 Å². The molecule has 3 aromatic rings. The van der Waals surface area contributed by atoms with Gasteiger partial charge in [-0.2, -0.15) is 0 Å². The van der Waals surface area contributed by atoms with Crippen LogP contribution in [0.25, 0.3) is 10.8 Å². The van der Waals surface area contributed by atoms with Gasteiger partial charge in [0.05, 0.1) is 7.11 Å². The van der Waals surface area contributed by atoms with Crippen molar-refractivity contribution in [3.8, 4) is 0 Å². The second kappa shape index (κ2) is 7.09. The molecule has 0 radical (unpaired) electrons. The van der Waals surface area contributed by atoms with E-state index in [1.165, 1.54) is 7.11 Å². The van der Waals surface area contributed by atoms with Crippen LogP contribution in [-0.2, 0) is 14.3 Å². The molecule has 0 unspecified atom stereocenters. The van der Waals surface area contributed by atoms with Crippen molar-refractivity contribution in [3.63, 3.8) is 0 Å². The largest absolute Gasteiger partial charge is 0.468 e. The zero-order valence-electron chi connectivity index (χ0n) is 17.9. The van der Waals surface area contributed by atoms with E-state index in [9.17, 15) is 9.59 Å². The van der Waals surface area contributed by atoms with Gasteiger partial charge in [0.15, 0.2) is 5.78 Å². The minimum atomic E-state index is -0.536. The van der Waals surface area contributed by atoms with Crippen molar-refractivity contribution < 1.29 is 14.3 Å². The number of ether oxygens (including phenoxy) is 1. The molecule has 0 aromatic heterocycles. The topological polar surface area (TPSA) is 55.4 Å². The summed E-state index contributed by atoms with van der Waals surface area (Å²) in [5.41, 5.74) is 3.90. The third kappa shape index (κ3) is 2.97. The van der Waals surface area contributed by atoms with Crippen LogP contribution in [0.15, 0.2) is 78.0 Å². The average molecular weight is 412 g/mol. The molecule has 1 N–H and O–H groups in total. The Bertz CT molecular complexity index is 1240. The summed E-state index contributed by atoms with van der Waals surface area (Å²) < 4.78 is 5.18. The molecule has 31 heavy (non-hydrogen) atoms. The minimum absolute atomic E-state index is 0.0834. The molecule has 1 aliphatic heterocycles. The lowest BCUT2D eigenvalue weighted by molar-refractivity contribution is -0.148. The third-order valence-corrected chi connectivity index (χ3v) is 6.66. The summed E-state index contributed by atoms with van der Waals surface area (Å²) in [5, 5.41) is 5.74. The molecule has 0 bridgehead atoms. The van der Waals surface area contributed by atoms with Crippen LogP contribution >= 0.6 is 0 Å². The highest BCUT2D eigenvalue weighted by Crippen LogP contribution is 2.53. The van der Waals surface area contributed by atoms with Gasteiger partial charge in [-0.25, -0.2) is 0 Å². The van der Waals surface area contributed by atoms with Gasteiger partial charge in [0, 0.05) is 29.3 Å². The molecule has 4 nitrogen and oxygen atoms in total. The highest BCUT2D eigenvalue weighted by molar-refractivity contribution is 6.06. The van der Waals surface area contributed by atoms with Crippen LogP contribution in [0, 0.1) is 11.3 Å². The van der Waals surface area contributed by atoms with Crippen molar-refractivity contribution >= 4 is 28.2 Å². The first-order valence-corrected chi connectivity index (χ1v) is 10.6. The van der Waals surface area contributed by atoms with Crippen molar-refractivity contribution in [2.45, 2.75) is 26.2 Å². The molecule has 2 aliphatic rings. The maximum absolute atomic E-state index is 13.6. The number of Topliss-reactive ketones (excluding diaryl/α,β-unsaturated/α-hetero) is 1. The number of hydrogen-bond acceptors (Lipinski definition) is 4. The number of ketones is 1. The zero-order valence-corrected chi connectivity index (χ0v) is 17.9. The molecule has 0 saturated carbocycles. The highest BCUT2D eigenvalue weighted by Gasteiger charge is 2.50. The molecule has 0 spiro atoms. The molecule has 1 aliphatic carbocycles. The monoisotopic (exact) mass is 411 g/mol. The van der Waals surface area contributed by atoms with Crippen molar-refractivity contribution in [1.29, 1.82) is 0 Å². The molecule has 0 fully saturated rings. The molecule has 1 heterocycles. The van der Waals surface area contributed by atoms with Crippen LogP contribution in [-0.4, -0.2) is 18.9 Å². The summed E-state index contributed by atoms with van der Waals surface area (Å²) in [7, 11) is 1.41. The first-order valence-electron chi connectivity index (χ1n) is 10.6. The Balaban J connectivity index is 1.85. The molecular formula is C27H25NO3. The number of allylic oxidation sites excluding steroid dienone is 1. The second-order valence-corrected chi connectivity index (χ2v) is 9.09. The summed E-state index contributed by atoms with van der Waals surface area (Å²) in [5.74, 6) is -1.00. The van der Waals surface area contributed by atoms with Gasteiger partial charge in [-0.3, -0.25) is 9.59 Å². The predicted octanol–water partition coefficient (Wildman–Crippen LogP) is 5.44. The summed E-state index contributed by atoms with van der Waals surface area (Å²) in [4.78, 5) is 26.5. The minimum Gasteiger partial charge on any atom is -0.468 e. The van der Waals surface area contributed by atoms with Gasteiger partial charge in [-0.15, -0.1) is 0 Å². The zero-order chi connectivity index (χ0) is 21.8. The smallest absolute Gasteiger partial charge is 0.315 e. The summed E-state index contributed by atoms with van der Waals surface area (Å²) in [6, 6.07) is 22.5. The van der Waals surface area contributed by atoms with E-state index >= 15 is 0 Å². The number of esters is 1. The maximum atomic E-state index is 13.6. The molecule has 0 saturated heterocycles. The second-order valence-electron chi connectivity index (χ2n) is 9.09. The predicted molar refractivity (Wildman–Crippen MR) is 122 cm³/mol. The Hall–Kier alpha value is -3.40. The van der Waals surface area contributed by atoms with Crippen molar-refractivity contribution in [1.82, 2.24) is 0 Å². The van der Waals surface area contributed by atoms with Gasteiger partial charge < -0.3 is 10.1 Å². The number of benzene rings is 3. The Morgan fingerprint density at radius 2 is 1.71 bits per heavy atom. The van der Waals surface area contributed by atoms with E-state index in [4.69, 9.17) is 4.74 Å². The lowest BCUT2D eigenvalue weighted by atomic mass is 9.63. The van der Waals surface area contributed by atoms with Crippen molar-refractivity contribution in [2.75, 3.05) is 12.4 Å². The number of rotatable bonds is 2. The highest BCUT2D eigenvalue weighted by atomic mass is 16.5. The summed E-state index contributed by atoms with van der Waals surface area (Å²) in [6.07, 6.45) is 0.302. The van der Waals surface area contributed by atoms with E-state index in [1.807, 2.05) is 44.2 Å². The average Bonchev–Trinajstić information content (AvgIpc) is 2.77. The van der Waals surface area contributed by atoms with Crippen molar-refractivity contribution in [3.05, 3.63) is 89.1 Å². The number of methoxy groups -OCH3 is 1. The van der Waals surface area contributed by atoms with Crippen LogP contribution in [0.2, 0.25) is 0 Å². The van der Waals surface area contributed by atoms with Gasteiger partial charge in [-0.1, -0.05) is 74.5 Å². The number of fused-ring (bicyclic) bond motifs is 3. The van der Waals surface area contributed by atoms with Crippen molar-refractivity contribution in [2.24, 2.45) is 11.3 Å². The van der Waals surface area contributed by atoms with Crippen LogP contribution in [0.3, 0.4) is 0 Å². The molecule has 4 heteroatoms. The van der Waals surface area contributed by atoms with Gasteiger partial charge in [0.25, 0.3) is 0 Å². The first-order chi connectivity index (χ1) is 14.9. The van der Waals surface area contributed by atoms with E-state index in [1.54, 1.807) is 0 Å². The molecular weight excluding hydrogens is 386 g/mol. The standard InChI is InChI=1S/C27H25NO3/c1-27(2)15-20(29)23-21(17-10-5-4-6-11-17)22-18-12-8-7-9-16(18)13-14-19(22)28-25(23)24(27)26(30)31-3/h4-14,21,24,28H,15H2,1-3H3/t21-,24+/m0/s1. The van der Waals surface area contributed by atoms with Gasteiger partial charge in [-0.05, 0) is 33.4 Å². The molecule has 3 aromatic carbocycles. The Morgan fingerprint density at radius 1 is 1.00 bits per heavy atom. The van der Waals surface area contributed by atoms with Gasteiger partial charge in [0.1, 0.15) is 5.92 Å². The van der Waals surface area contributed by atoms with Crippen LogP contribution in [0.1, 0.15) is 37.3 Å². The fraction of sp³-hybridized carbons (Fsp3) is 0.259. The fourth-order valence-corrected chi connectivity index (χ4v) is 5.30. The number of carbonyl (C=O) groups is 2. The quantitative estimate of drug-likeness (QED) is 0.571. The summed E-state index contributed by atoms with van der Waals surface area (Å²) in [6.45, 7) is 3.93. The van der Waals surface area contributed by atoms with Gasteiger partial charge >= 0.3 is 5.97 Å². The SMILES string of the molecule is COC(=O)[C@H]1C2=C(C(=O)CC1(C)C)[C@@H](c1ccccc1)c1c(ccc3ccccc13)N2. The Morgan fingerprint density at radius 3 is 2.45 bits per heavy atom. The van der Waals surface area contributed by atoms with E-state index in [0.717, 1.165) is 27.6 Å². The number of nitrogens with one attached hydrogen (secondary N) is 1. The van der Waals surface area contributed by atoms with E-state index in [2.05, 4.69) is 41.7 Å². The van der Waals surface area contributed by atoms with E-state index in [0.29, 0.717) is 17.7 Å². The molecule has 2 atom stereocenters. The fourth-order valence-electron chi connectivity index (χ4n) is 5.30. The number of hydrogen-bond donors (Lipinski definition) is 1. The number of anilines is 1. The summed E-state index contributed by atoms with van der Waals surface area (Å²) >= 11 is 0. The third-order valence-electron chi connectivity index (χ3n) is 6.66. The molecule has 156 valence electrons. The van der Waals surface area contributed by atoms with Crippen LogP contribution < -0.4 is 5.32 Å². The van der Waals surface area contributed by atoms with Crippen LogP contribution in [0.5, 0.6) is 0 Å². The van der Waals surface area contributed by atoms with E-state index in [-0.39, 0.29) is 17.7 Å². The molecule has 0 amide bonds. The molecule has 5 rings (SSSR count). The Labute approximate surface area is 181 Å². The van der Waals surface area contributed by atoms with Crippen LogP contribution in [0.4, 0.5) is 5.69 Å². The maximum Gasteiger partial charge on any atom is 0.315 e. The van der Waals surface area contributed by atoms with Gasteiger partial charge in [0.2, 0.25) is 0 Å². The lowest BCUT2D eigenvalue weighted by Gasteiger charge is -2.44.